The lowest BCUT2D eigenvalue weighted by atomic mass is 10.2. The lowest BCUT2D eigenvalue weighted by molar-refractivity contribution is 0.100. The summed E-state index contributed by atoms with van der Waals surface area (Å²) in [6.07, 6.45) is 0. The standard InChI is InChI=1S/C19H12BrN3O4/c1-10-21-15-5-3-2-4-13(15)18(25)23(10)22-17(24)14-9-11-8-12(20)6-7-16(11)27-19(14)26/h2-9H,1H3,(H,22,24). The molecule has 8 heteroatoms. The summed E-state index contributed by atoms with van der Waals surface area (Å²) in [5, 5.41) is 0.938. The van der Waals surface area contributed by atoms with E-state index < -0.39 is 17.1 Å². The Morgan fingerprint density at radius 2 is 1.93 bits per heavy atom. The highest BCUT2D eigenvalue weighted by Gasteiger charge is 2.17. The van der Waals surface area contributed by atoms with Crippen molar-refractivity contribution in [1.29, 1.82) is 0 Å². The zero-order valence-corrected chi connectivity index (χ0v) is 15.6. The number of nitrogens with one attached hydrogen (secondary N) is 1. The summed E-state index contributed by atoms with van der Waals surface area (Å²) in [5.74, 6) is -0.465. The van der Waals surface area contributed by atoms with Crippen molar-refractivity contribution in [2.45, 2.75) is 6.92 Å². The Kier molecular flexibility index (Phi) is 4.12. The average Bonchev–Trinajstić information content (AvgIpc) is 2.64. The number of amides is 1. The van der Waals surface area contributed by atoms with E-state index in [0.717, 1.165) is 9.15 Å². The summed E-state index contributed by atoms with van der Waals surface area (Å²) < 4.78 is 7.00. The predicted molar refractivity (Wildman–Crippen MR) is 105 cm³/mol. The first-order valence-electron chi connectivity index (χ1n) is 7.97. The largest absolute Gasteiger partial charge is 0.422 e. The first kappa shape index (κ1) is 17.2. The summed E-state index contributed by atoms with van der Waals surface area (Å²) in [5.41, 5.74) is 1.90. The molecule has 0 radical (unpaired) electrons. The Balaban J connectivity index is 1.80. The van der Waals surface area contributed by atoms with Gasteiger partial charge in [-0.25, -0.2) is 14.5 Å². The molecule has 1 N–H and O–H groups in total. The van der Waals surface area contributed by atoms with E-state index in [1.807, 2.05) is 0 Å². The maximum atomic E-state index is 12.7. The van der Waals surface area contributed by atoms with Gasteiger partial charge in [-0.1, -0.05) is 28.1 Å². The topological polar surface area (TPSA) is 94.2 Å². The van der Waals surface area contributed by atoms with Crippen molar-refractivity contribution in [3.63, 3.8) is 0 Å². The second-order valence-electron chi connectivity index (χ2n) is 5.89. The molecule has 0 unspecified atom stereocenters. The van der Waals surface area contributed by atoms with Crippen LogP contribution in [0.4, 0.5) is 0 Å². The number of para-hydroxylation sites is 1. The molecule has 0 spiro atoms. The molecule has 2 aromatic carbocycles. The van der Waals surface area contributed by atoms with Crippen molar-refractivity contribution < 1.29 is 9.21 Å². The lowest BCUT2D eigenvalue weighted by Gasteiger charge is -2.11. The third-order valence-electron chi connectivity index (χ3n) is 4.10. The van der Waals surface area contributed by atoms with Crippen molar-refractivity contribution >= 4 is 43.7 Å². The van der Waals surface area contributed by atoms with Crippen LogP contribution in [0.3, 0.4) is 0 Å². The molecule has 0 bridgehead atoms. The maximum absolute atomic E-state index is 12.7. The van der Waals surface area contributed by atoms with Crippen molar-refractivity contribution in [3.8, 4) is 0 Å². The van der Waals surface area contributed by atoms with E-state index in [-0.39, 0.29) is 5.56 Å². The van der Waals surface area contributed by atoms with Crippen molar-refractivity contribution in [2.75, 3.05) is 5.43 Å². The van der Waals surface area contributed by atoms with E-state index in [2.05, 4.69) is 26.3 Å². The molecule has 2 heterocycles. The van der Waals surface area contributed by atoms with Crippen LogP contribution in [0, 0.1) is 6.92 Å². The van der Waals surface area contributed by atoms with Gasteiger partial charge in [-0.2, -0.15) is 0 Å². The number of aryl methyl sites for hydroxylation is 1. The molecule has 0 aliphatic rings. The normalized spacial score (nSPS) is 11.0. The highest BCUT2D eigenvalue weighted by Crippen LogP contribution is 2.19. The van der Waals surface area contributed by atoms with E-state index in [1.54, 1.807) is 49.4 Å². The Hall–Kier alpha value is -3.26. The van der Waals surface area contributed by atoms with Gasteiger partial charge in [0, 0.05) is 9.86 Å². The van der Waals surface area contributed by atoms with Gasteiger partial charge < -0.3 is 4.42 Å². The SMILES string of the molecule is Cc1nc2ccccc2c(=O)n1NC(=O)c1cc2cc(Br)ccc2oc1=O. The summed E-state index contributed by atoms with van der Waals surface area (Å²) in [4.78, 5) is 41.8. The molecular weight excluding hydrogens is 414 g/mol. The monoisotopic (exact) mass is 425 g/mol. The molecule has 0 saturated carbocycles. The Bertz CT molecular complexity index is 1340. The molecular formula is C19H12BrN3O4. The molecule has 134 valence electrons. The molecule has 2 aromatic heterocycles. The van der Waals surface area contributed by atoms with Crippen LogP contribution < -0.4 is 16.6 Å². The molecule has 4 aromatic rings. The number of hydrogen-bond acceptors (Lipinski definition) is 5. The minimum absolute atomic E-state index is 0.208. The molecule has 27 heavy (non-hydrogen) atoms. The minimum atomic E-state index is -0.790. The Morgan fingerprint density at radius 1 is 1.15 bits per heavy atom. The predicted octanol–water partition coefficient (Wildman–Crippen LogP) is 2.96. The zero-order valence-electron chi connectivity index (χ0n) is 14.0. The number of aromatic nitrogens is 2. The zero-order chi connectivity index (χ0) is 19.1. The molecule has 0 atom stereocenters. The highest BCUT2D eigenvalue weighted by atomic mass is 79.9. The third kappa shape index (κ3) is 3.04. The second kappa shape index (κ2) is 6.48. The fraction of sp³-hybridized carbons (Fsp3) is 0.0526. The fourth-order valence-electron chi connectivity index (χ4n) is 2.79. The molecule has 1 amide bonds. The van der Waals surface area contributed by atoms with Gasteiger partial charge in [-0.05, 0) is 43.3 Å². The number of carbonyl (C=O) groups is 1. The molecule has 0 fully saturated rings. The number of fused-ring (bicyclic) bond motifs is 2. The molecule has 7 nitrogen and oxygen atoms in total. The van der Waals surface area contributed by atoms with Gasteiger partial charge in [0.25, 0.3) is 11.5 Å². The minimum Gasteiger partial charge on any atom is -0.422 e. The summed E-state index contributed by atoms with van der Waals surface area (Å²) >= 11 is 3.33. The van der Waals surface area contributed by atoms with Crippen LogP contribution in [0.25, 0.3) is 21.9 Å². The number of benzene rings is 2. The van der Waals surface area contributed by atoms with E-state index in [9.17, 15) is 14.4 Å². The number of nitrogens with zero attached hydrogens (tertiary/aromatic N) is 2. The van der Waals surface area contributed by atoms with Crippen molar-refractivity contribution in [2.24, 2.45) is 0 Å². The van der Waals surface area contributed by atoms with Gasteiger partial charge in [0.15, 0.2) is 0 Å². The van der Waals surface area contributed by atoms with Gasteiger partial charge in [-0.15, -0.1) is 0 Å². The number of hydrogen-bond donors (Lipinski definition) is 1. The quantitative estimate of drug-likeness (QED) is 0.498. The van der Waals surface area contributed by atoms with Gasteiger partial charge in [0.2, 0.25) is 0 Å². The van der Waals surface area contributed by atoms with Crippen LogP contribution in [0.15, 0.2) is 67.0 Å². The second-order valence-corrected chi connectivity index (χ2v) is 6.80. The average molecular weight is 426 g/mol. The molecule has 0 aliphatic carbocycles. The summed E-state index contributed by atoms with van der Waals surface area (Å²) in [6, 6.07) is 13.3. The van der Waals surface area contributed by atoms with Crippen molar-refractivity contribution in [3.05, 3.63) is 85.2 Å². The van der Waals surface area contributed by atoms with Crippen LogP contribution in [0.5, 0.6) is 0 Å². The van der Waals surface area contributed by atoms with Crippen LogP contribution in [0.2, 0.25) is 0 Å². The summed E-state index contributed by atoms with van der Waals surface area (Å²) in [6.45, 7) is 1.59. The van der Waals surface area contributed by atoms with Gasteiger partial charge in [0.05, 0.1) is 10.9 Å². The number of carbonyl (C=O) groups excluding carboxylic acids is 1. The fourth-order valence-corrected chi connectivity index (χ4v) is 3.17. The molecule has 4 rings (SSSR count). The van der Waals surface area contributed by atoms with Crippen LogP contribution >= 0.6 is 15.9 Å². The van der Waals surface area contributed by atoms with Gasteiger partial charge >= 0.3 is 5.63 Å². The Labute approximate surface area is 160 Å². The third-order valence-corrected chi connectivity index (χ3v) is 4.59. The van der Waals surface area contributed by atoms with E-state index in [4.69, 9.17) is 4.42 Å². The van der Waals surface area contributed by atoms with E-state index in [0.29, 0.717) is 27.7 Å². The van der Waals surface area contributed by atoms with E-state index >= 15 is 0 Å². The van der Waals surface area contributed by atoms with E-state index in [1.165, 1.54) is 6.07 Å². The number of halogens is 1. The maximum Gasteiger partial charge on any atom is 0.349 e. The van der Waals surface area contributed by atoms with Crippen LogP contribution in [0.1, 0.15) is 16.2 Å². The molecule has 0 saturated heterocycles. The van der Waals surface area contributed by atoms with Crippen molar-refractivity contribution in [1.82, 2.24) is 9.66 Å². The Morgan fingerprint density at radius 3 is 2.74 bits per heavy atom. The van der Waals surface area contributed by atoms with Crippen LogP contribution in [-0.4, -0.2) is 15.6 Å². The first-order chi connectivity index (χ1) is 12.9. The number of rotatable bonds is 2. The van der Waals surface area contributed by atoms with Gasteiger partial charge in [0.1, 0.15) is 17.0 Å². The molecule has 0 aliphatic heterocycles. The summed E-state index contributed by atoms with van der Waals surface area (Å²) in [7, 11) is 0. The smallest absolute Gasteiger partial charge is 0.349 e. The highest BCUT2D eigenvalue weighted by molar-refractivity contribution is 9.10. The van der Waals surface area contributed by atoms with Crippen LogP contribution in [-0.2, 0) is 0 Å². The lowest BCUT2D eigenvalue weighted by Crippen LogP contribution is -2.37. The van der Waals surface area contributed by atoms with Gasteiger partial charge in [-0.3, -0.25) is 15.0 Å². The first-order valence-corrected chi connectivity index (χ1v) is 8.76.